The Labute approximate surface area is 157 Å². The predicted molar refractivity (Wildman–Crippen MR) is 98.7 cm³/mol. The summed E-state index contributed by atoms with van der Waals surface area (Å²) >= 11 is 6.07. The topological polar surface area (TPSA) is 67.3 Å². The molecule has 0 saturated carbocycles. The third-order valence-electron chi connectivity index (χ3n) is 5.06. The molecule has 1 amide bonds. The maximum Gasteiger partial charge on any atom is 0.257 e. The molecule has 4 rings (SSSR count). The Morgan fingerprint density at radius 1 is 1.42 bits per heavy atom. The number of aromatic nitrogens is 2. The van der Waals surface area contributed by atoms with Crippen molar-refractivity contribution in [2.45, 2.75) is 25.3 Å². The molecule has 136 valence electrons. The second-order valence-electron chi connectivity index (χ2n) is 6.71. The fourth-order valence-corrected chi connectivity index (χ4v) is 3.77. The fourth-order valence-electron chi connectivity index (χ4n) is 3.59. The summed E-state index contributed by atoms with van der Waals surface area (Å²) in [6.45, 7) is 3.10. The van der Waals surface area contributed by atoms with E-state index in [9.17, 15) is 4.79 Å². The van der Waals surface area contributed by atoms with Crippen molar-refractivity contribution in [3.63, 3.8) is 0 Å². The molecule has 6 nitrogen and oxygen atoms in total. The highest BCUT2D eigenvalue weighted by Crippen LogP contribution is 2.27. The predicted octanol–water partition coefficient (Wildman–Crippen LogP) is 2.41. The van der Waals surface area contributed by atoms with Crippen molar-refractivity contribution in [1.82, 2.24) is 20.2 Å². The number of amides is 1. The maximum absolute atomic E-state index is 13.0. The van der Waals surface area contributed by atoms with Crippen LogP contribution in [0.2, 0.25) is 5.02 Å². The fraction of sp³-hybridized carbons (Fsp3) is 0.421. The van der Waals surface area contributed by atoms with E-state index in [1.54, 1.807) is 30.2 Å². The van der Waals surface area contributed by atoms with Crippen molar-refractivity contribution < 1.29 is 9.53 Å². The van der Waals surface area contributed by atoms with Crippen molar-refractivity contribution in [2.24, 2.45) is 0 Å². The third-order valence-corrected chi connectivity index (χ3v) is 5.29. The van der Waals surface area contributed by atoms with E-state index in [0.717, 1.165) is 43.0 Å². The maximum atomic E-state index is 13.0. The zero-order valence-electron chi connectivity index (χ0n) is 14.7. The van der Waals surface area contributed by atoms with Crippen LogP contribution in [0.5, 0.6) is 5.75 Å². The number of carbonyl (C=O) groups excluding carboxylic acids is 1. The minimum Gasteiger partial charge on any atom is -0.496 e. The average molecular weight is 373 g/mol. The molecule has 1 saturated heterocycles. The lowest BCUT2D eigenvalue weighted by atomic mass is 10.0. The molecule has 1 atom stereocenters. The number of methoxy groups -OCH3 is 1. The Kier molecular flexibility index (Phi) is 4.78. The average Bonchev–Trinajstić information content (AvgIpc) is 3.21. The quantitative estimate of drug-likeness (QED) is 0.896. The molecule has 1 fully saturated rings. The number of ether oxygens (including phenoxy) is 1. The molecule has 26 heavy (non-hydrogen) atoms. The first-order chi connectivity index (χ1) is 12.7. The minimum absolute atomic E-state index is 0.0842. The van der Waals surface area contributed by atoms with Gasteiger partial charge in [0.1, 0.15) is 11.6 Å². The van der Waals surface area contributed by atoms with Crippen LogP contribution in [-0.2, 0) is 13.0 Å². The van der Waals surface area contributed by atoms with Crippen molar-refractivity contribution in [3.05, 3.63) is 52.1 Å². The highest BCUT2D eigenvalue weighted by molar-refractivity contribution is 6.31. The van der Waals surface area contributed by atoms with E-state index < -0.39 is 0 Å². The lowest BCUT2D eigenvalue weighted by Crippen LogP contribution is -2.37. The molecular weight excluding hydrogens is 352 g/mol. The summed E-state index contributed by atoms with van der Waals surface area (Å²) < 4.78 is 5.32. The van der Waals surface area contributed by atoms with E-state index in [1.807, 2.05) is 6.20 Å². The number of nitrogens with one attached hydrogen (secondary N) is 1. The molecule has 2 aromatic rings. The van der Waals surface area contributed by atoms with Crippen LogP contribution < -0.4 is 10.1 Å². The molecule has 0 unspecified atom stereocenters. The molecule has 0 spiro atoms. The number of rotatable bonds is 3. The van der Waals surface area contributed by atoms with Crippen molar-refractivity contribution >= 4 is 17.5 Å². The molecule has 2 aliphatic rings. The summed E-state index contributed by atoms with van der Waals surface area (Å²) in [4.78, 5) is 24.1. The summed E-state index contributed by atoms with van der Waals surface area (Å²) in [6, 6.07) is 5.10. The van der Waals surface area contributed by atoms with Gasteiger partial charge in [-0.2, -0.15) is 0 Å². The Morgan fingerprint density at radius 2 is 2.31 bits per heavy atom. The van der Waals surface area contributed by atoms with E-state index in [0.29, 0.717) is 35.3 Å². The molecule has 3 heterocycles. The lowest BCUT2D eigenvalue weighted by Gasteiger charge is -2.29. The standard InChI is InChI=1S/C19H21ClN4O2/c1-26-17-3-2-14(20)8-15(17)19(25)24-7-5-16-13(11-24)10-22-18(23-16)12-4-6-21-9-12/h2-3,8,10,12,21H,4-7,9,11H2,1H3/t12-/m0/s1. The number of carbonyl (C=O) groups is 1. The van der Waals surface area contributed by atoms with Crippen molar-refractivity contribution in [1.29, 1.82) is 0 Å². The number of hydrogen-bond donors (Lipinski definition) is 1. The van der Waals surface area contributed by atoms with Crippen molar-refractivity contribution in [2.75, 3.05) is 26.7 Å². The number of fused-ring (bicyclic) bond motifs is 1. The largest absolute Gasteiger partial charge is 0.496 e. The second kappa shape index (κ2) is 7.21. The molecule has 0 bridgehead atoms. The first kappa shape index (κ1) is 17.2. The van der Waals surface area contributed by atoms with Crippen LogP contribution in [0, 0.1) is 0 Å². The van der Waals surface area contributed by atoms with E-state index in [2.05, 4.69) is 10.3 Å². The molecular formula is C19H21ClN4O2. The Bertz CT molecular complexity index is 836. The first-order valence-corrected chi connectivity index (χ1v) is 9.21. The lowest BCUT2D eigenvalue weighted by molar-refractivity contribution is 0.0729. The zero-order valence-corrected chi connectivity index (χ0v) is 15.4. The van der Waals surface area contributed by atoms with E-state index in [4.69, 9.17) is 21.3 Å². The number of halogens is 1. The van der Waals surface area contributed by atoms with E-state index in [-0.39, 0.29) is 5.91 Å². The second-order valence-corrected chi connectivity index (χ2v) is 7.15. The highest BCUT2D eigenvalue weighted by atomic mass is 35.5. The van der Waals surface area contributed by atoms with Gasteiger partial charge in [-0.3, -0.25) is 4.79 Å². The smallest absolute Gasteiger partial charge is 0.257 e. The summed E-state index contributed by atoms with van der Waals surface area (Å²) in [6.07, 6.45) is 3.70. The zero-order chi connectivity index (χ0) is 18.1. The van der Waals surface area contributed by atoms with Gasteiger partial charge >= 0.3 is 0 Å². The normalized spacial score (nSPS) is 19.3. The Morgan fingerprint density at radius 3 is 3.08 bits per heavy atom. The monoisotopic (exact) mass is 372 g/mol. The van der Waals surface area contributed by atoms with Gasteiger partial charge in [-0.1, -0.05) is 11.6 Å². The van der Waals surface area contributed by atoms with Crippen LogP contribution in [0.25, 0.3) is 0 Å². The molecule has 0 aliphatic carbocycles. The van der Waals surface area contributed by atoms with Crippen LogP contribution in [0.4, 0.5) is 0 Å². The van der Waals surface area contributed by atoms with Crippen LogP contribution in [-0.4, -0.2) is 47.5 Å². The summed E-state index contributed by atoms with van der Waals surface area (Å²) in [5.41, 5.74) is 2.56. The summed E-state index contributed by atoms with van der Waals surface area (Å²) in [5.74, 6) is 1.77. The van der Waals surface area contributed by atoms with E-state index >= 15 is 0 Å². The molecule has 1 aromatic heterocycles. The van der Waals surface area contributed by atoms with Crippen LogP contribution in [0.3, 0.4) is 0 Å². The van der Waals surface area contributed by atoms with Gasteiger partial charge in [-0.15, -0.1) is 0 Å². The van der Waals surface area contributed by atoms with Gasteiger partial charge in [-0.05, 0) is 31.2 Å². The number of nitrogens with zero attached hydrogens (tertiary/aromatic N) is 3. The summed E-state index contributed by atoms with van der Waals surface area (Å²) in [7, 11) is 1.55. The Hall–Kier alpha value is -2.18. The van der Waals surface area contributed by atoms with Crippen LogP contribution in [0.15, 0.2) is 24.4 Å². The van der Waals surface area contributed by atoms with Gasteiger partial charge in [0, 0.05) is 48.8 Å². The molecule has 1 aromatic carbocycles. The van der Waals surface area contributed by atoms with Gasteiger partial charge in [0.05, 0.1) is 18.4 Å². The van der Waals surface area contributed by atoms with Crippen LogP contribution >= 0.6 is 11.6 Å². The van der Waals surface area contributed by atoms with Gasteiger partial charge < -0.3 is 15.0 Å². The van der Waals surface area contributed by atoms with Gasteiger partial charge in [0.25, 0.3) is 5.91 Å². The highest BCUT2D eigenvalue weighted by Gasteiger charge is 2.27. The molecule has 1 N–H and O–H groups in total. The van der Waals surface area contributed by atoms with Gasteiger partial charge in [-0.25, -0.2) is 9.97 Å². The minimum atomic E-state index is -0.0842. The van der Waals surface area contributed by atoms with Crippen molar-refractivity contribution in [3.8, 4) is 5.75 Å². The number of benzene rings is 1. The third kappa shape index (κ3) is 3.27. The van der Waals surface area contributed by atoms with Gasteiger partial charge in [0.2, 0.25) is 0 Å². The van der Waals surface area contributed by atoms with Gasteiger partial charge in [0.15, 0.2) is 0 Å². The molecule has 0 radical (unpaired) electrons. The van der Waals surface area contributed by atoms with E-state index in [1.165, 1.54) is 0 Å². The SMILES string of the molecule is COc1ccc(Cl)cc1C(=O)N1CCc2nc([C@H]3CCNC3)ncc2C1. The Balaban J connectivity index is 1.55. The van der Waals surface area contributed by atoms with Crippen LogP contribution in [0.1, 0.15) is 39.8 Å². The molecule has 2 aliphatic heterocycles. The molecule has 7 heteroatoms. The first-order valence-electron chi connectivity index (χ1n) is 8.84. The number of hydrogen-bond acceptors (Lipinski definition) is 5. The summed E-state index contributed by atoms with van der Waals surface area (Å²) in [5, 5.41) is 3.87.